The third-order valence-corrected chi connectivity index (χ3v) is 2.66. The van der Waals surface area contributed by atoms with Crippen LogP contribution in [0.2, 0.25) is 5.02 Å². The Morgan fingerprint density at radius 1 is 1.39 bits per heavy atom. The molecule has 1 heterocycles. The summed E-state index contributed by atoms with van der Waals surface area (Å²) >= 11 is 5.96. The SMILES string of the molecule is COc1ccc(NC(=O)c2cc(C)co2)cc1Cl. The van der Waals surface area contributed by atoms with Crippen molar-refractivity contribution >= 4 is 23.2 Å². The van der Waals surface area contributed by atoms with Crippen LogP contribution in [0.5, 0.6) is 5.75 Å². The van der Waals surface area contributed by atoms with Gasteiger partial charge in [0.2, 0.25) is 0 Å². The van der Waals surface area contributed by atoms with Crippen molar-refractivity contribution in [2.24, 2.45) is 0 Å². The minimum Gasteiger partial charge on any atom is -0.495 e. The molecule has 1 amide bonds. The maximum Gasteiger partial charge on any atom is 0.291 e. The predicted octanol–water partition coefficient (Wildman–Crippen LogP) is 3.50. The van der Waals surface area contributed by atoms with Crippen LogP contribution in [-0.2, 0) is 0 Å². The van der Waals surface area contributed by atoms with E-state index in [2.05, 4.69) is 5.32 Å². The highest BCUT2D eigenvalue weighted by Crippen LogP contribution is 2.27. The van der Waals surface area contributed by atoms with Gasteiger partial charge in [-0.1, -0.05) is 11.6 Å². The number of anilines is 1. The third kappa shape index (κ3) is 2.65. The topological polar surface area (TPSA) is 51.5 Å². The molecule has 18 heavy (non-hydrogen) atoms. The van der Waals surface area contributed by atoms with E-state index in [1.807, 2.05) is 6.92 Å². The second-order valence-corrected chi connectivity index (χ2v) is 4.20. The van der Waals surface area contributed by atoms with E-state index in [9.17, 15) is 4.79 Å². The number of aryl methyl sites for hydroxylation is 1. The Labute approximate surface area is 110 Å². The highest BCUT2D eigenvalue weighted by Gasteiger charge is 2.11. The molecule has 1 aromatic heterocycles. The predicted molar refractivity (Wildman–Crippen MR) is 69.4 cm³/mol. The fraction of sp³-hybridized carbons (Fsp3) is 0.154. The number of methoxy groups -OCH3 is 1. The van der Waals surface area contributed by atoms with Gasteiger partial charge in [0, 0.05) is 5.69 Å². The van der Waals surface area contributed by atoms with Crippen molar-refractivity contribution in [2.75, 3.05) is 12.4 Å². The summed E-state index contributed by atoms with van der Waals surface area (Å²) in [6.07, 6.45) is 1.52. The number of carbonyl (C=O) groups is 1. The number of rotatable bonds is 3. The minimum absolute atomic E-state index is 0.263. The van der Waals surface area contributed by atoms with Crippen molar-refractivity contribution in [2.45, 2.75) is 6.92 Å². The highest BCUT2D eigenvalue weighted by atomic mass is 35.5. The number of benzene rings is 1. The molecule has 0 radical (unpaired) electrons. The Morgan fingerprint density at radius 2 is 2.17 bits per heavy atom. The molecule has 0 bridgehead atoms. The molecule has 0 aliphatic rings. The molecule has 1 aromatic carbocycles. The molecule has 5 heteroatoms. The van der Waals surface area contributed by atoms with E-state index < -0.39 is 0 Å². The third-order valence-electron chi connectivity index (χ3n) is 2.36. The van der Waals surface area contributed by atoms with Crippen LogP contribution in [0.3, 0.4) is 0 Å². The summed E-state index contributed by atoms with van der Waals surface area (Å²) < 4.78 is 10.1. The molecular formula is C13H12ClNO3. The number of amides is 1. The number of furan rings is 1. The van der Waals surface area contributed by atoms with E-state index in [-0.39, 0.29) is 11.7 Å². The van der Waals surface area contributed by atoms with Crippen LogP contribution in [0.25, 0.3) is 0 Å². The smallest absolute Gasteiger partial charge is 0.291 e. The normalized spacial score (nSPS) is 10.2. The number of ether oxygens (including phenoxy) is 1. The summed E-state index contributed by atoms with van der Waals surface area (Å²) in [4.78, 5) is 11.8. The lowest BCUT2D eigenvalue weighted by Gasteiger charge is -2.06. The minimum atomic E-state index is -0.315. The molecule has 4 nitrogen and oxygen atoms in total. The van der Waals surface area contributed by atoms with Crippen LogP contribution in [0.1, 0.15) is 16.1 Å². The van der Waals surface area contributed by atoms with Crippen LogP contribution in [0.4, 0.5) is 5.69 Å². The monoisotopic (exact) mass is 265 g/mol. The Morgan fingerprint density at radius 3 is 2.72 bits per heavy atom. The average molecular weight is 266 g/mol. The second-order valence-electron chi connectivity index (χ2n) is 3.79. The van der Waals surface area contributed by atoms with Crippen molar-refractivity contribution in [3.05, 3.63) is 46.9 Å². The lowest BCUT2D eigenvalue weighted by atomic mass is 10.3. The first-order valence-electron chi connectivity index (χ1n) is 5.30. The maximum atomic E-state index is 11.8. The van der Waals surface area contributed by atoms with Gasteiger partial charge >= 0.3 is 0 Å². The lowest BCUT2D eigenvalue weighted by molar-refractivity contribution is 0.0996. The van der Waals surface area contributed by atoms with Crippen molar-refractivity contribution in [3.8, 4) is 5.75 Å². The van der Waals surface area contributed by atoms with Gasteiger partial charge in [0.1, 0.15) is 5.75 Å². The zero-order chi connectivity index (χ0) is 13.1. The average Bonchev–Trinajstić information content (AvgIpc) is 2.76. The van der Waals surface area contributed by atoms with Gasteiger partial charge in [-0.05, 0) is 36.8 Å². The molecule has 94 valence electrons. The van der Waals surface area contributed by atoms with E-state index >= 15 is 0 Å². The number of nitrogens with one attached hydrogen (secondary N) is 1. The molecule has 0 saturated carbocycles. The lowest BCUT2D eigenvalue weighted by Crippen LogP contribution is -2.10. The van der Waals surface area contributed by atoms with E-state index in [1.54, 1.807) is 24.3 Å². The first-order valence-corrected chi connectivity index (χ1v) is 5.68. The summed E-state index contributed by atoms with van der Waals surface area (Å²) in [5.74, 6) is 0.507. The largest absolute Gasteiger partial charge is 0.495 e. The zero-order valence-electron chi connectivity index (χ0n) is 9.99. The fourth-order valence-electron chi connectivity index (χ4n) is 1.49. The number of carbonyl (C=O) groups excluding carboxylic acids is 1. The van der Waals surface area contributed by atoms with Gasteiger partial charge in [0.25, 0.3) is 5.91 Å². The van der Waals surface area contributed by atoms with Crippen LogP contribution < -0.4 is 10.1 Å². The molecule has 0 spiro atoms. The Bertz CT molecular complexity index is 577. The van der Waals surface area contributed by atoms with Crippen molar-refractivity contribution in [1.82, 2.24) is 0 Å². The van der Waals surface area contributed by atoms with Gasteiger partial charge in [-0.15, -0.1) is 0 Å². The summed E-state index contributed by atoms with van der Waals surface area (Å²) in [6.45, 7) is 1.85. The van der Waals surface area contributed by atoms with Gasteiger partial charge in [-0.2, -0.15) is 0 Å². The van der Waals surface area contributed by atoms with E-state index in [0.29, 0.717) is 16.5 Å². The van der Waals surface area contributed by atoms with Crippen LogP contribution in [0, 0.1) is 6.92 Å². The Kier molecular flexibility index (Phi) is 3.58. The Hall–Kier alpha value is -1.94. The summed E-state index contributed by atoms with van der Waals surface area (Å²) in [7, 11) is 1.53. The van der Waals surface area contributed by atoms with Gasteiger partial charge in [-0.25, -0.2) is 0 Å². The molecule has 1 N–H and O–H groups in total. The quantitative estimate of drug-likeness (QED) is 0.924. The molecule has 2 aromatic rings. The van der Waals surface area contributed by atoms with Gasteiger partial charge in [-0.3, -0.25) is 4.79 Å². The molecule has 0 saturated heterocycles. The molecule has 0 fully saturated rings. The van der Waals surface area contributed by atoms with Crippen molar-refractivity contribution < 1.29 is 13.9 Å². The maximum absolute atomic E-state index is 11.8. The Balaban J connectivity index is 2.14. The van der Waals surface area contributed by atoms with Gasteiger partial charge in [0.05, 0.1) is 18.4 Å². The van der Waals surface area contributed by atoms with E-state index in [0.717, 1.165) is 5.56 Å². The van der Waals surface area contributed by atoms with Crippen LogP contribution >= 0.6 is 11.6 Å². The number of hydrogen-bond donors (Lipinski definition) is 1. The van der Waals surface area contributed by atoms with Crippen molar-refractivity contribution in [3.63, 3.8) is 0 Å². The summed E-state index contributed by atoms with van der Waals surface area (Å²) in [5, 5.41) is 3.13. The molecule has 0 aliphatic carbocycles. The summed E-state index contributed by atoms with van der Waals surface area (Å²) in [6, 6.07) is 6.68. The van der Waals surface area contributed by atoms with Crippen molar-refractivity contribution in [1.29, 1.82) is 0 Å². The standard InChI is InChI=1S/C13H12ClNO3/c1-8-5-12(18-7-8)13(16)15-9-3-4-11(17-2)10(14)6-9/h3-7H,1-2H3,(H,15,16). The molecule has 0 atom stereocenters. The number of hydrogen-bond acceptors (Lipinski definition) is 3. The second kappa shape index (κ2) is 5.14. The van der Waals surface area contributed by atoms with Crippen LogP contribution in [-0.4, -0.2) is 13.0 Å². The van der Waals surface area contributed by atoms with Crippen LogP contribution in [0.15, 0.2) is 34.9 Å². The molecule has 2 rings (SSSR count). The summed E-state index contributed by atoms with van der Waals surface area (Å²) in [5.41, 5.74) is 1.48. The number of halogens is 1. The zero-order valence-corrected chi connectivity index (χ0v) is 10.7. The van der Waals surface area contributed by atoms with Gasteiger partial charge < -0.3 is 14.5 Å². The fourth-order valence-corrected chi connectivity index (χ4v) is 1.74. The molecule has 0 aliphatic heterocycles. The molecule has 0 unspecified atom stereocenters. The van der Waals surface area contributed by atoms with Gasteiger partial charge in [0.15, 0.2) is 5.76 Å². The molecular weight excluding hydrogens is 254 g/mol. The van der Waals surface area contributed by atoms with E-state index in [4.69, 9.17) is 20.8 Å². The first kappa shape index (κ1) is 12.5. The first-order chi connectivity index (χ1) is 8.60. The highest BCUT2D eigenvalue weighted by molar-refractivity contribution is 6.32. The van der Waals surface area contributed by atoms with E-state index in [1.165, 1.54) is 13.4 Å².